The Bertz CT molecular complexity index is 1150. The van der Waals surface area contributed by atoms with Crippen molar-refractivity contribution in [1.82, 2.24) is 10.4 Å². The van der Waals surface area contributed by atoms with E-state index in [1.165, 1.54) is 24.5 Å². The first-order chi connectivity index (χ1) is 14.8. The van der Waals surface area contributed by atoms with Crippen molar-refractivity contribution < 1.29 is 14.5 Å². The molecule has 158 valence electrons. The molecule has 3 rings (SSSR count). The fourth-order valence-electron chi connectivity index (χ4n) is 2.49. The second-order valence-electron chi connectivity index (χ2n) is 6.07. The van der Waals surface area contributed by atoms with Gasteiger partial charge in [-0.15, -0.1) is 0 Å². The lowest BCUT2D eigenvalue weighted by Gasteiger charge is -2.11. The second-order valence-corrected chi connectivity index (χ2v) is 8.14. The second kappa shape index (κ2) is 10.5. The number of carbonyl (C=O) groups is 1. The van der Waals surface area contributed by atoms with Crippen LogP contribution < -0.4 is 10.2 Å². The number of nitrogens with one attached hydrogen (secondary N) is 1. The molecule has 8 nitrogen and oxygen atoms in total. The molecule has 31 heavy (non-hydrogen) atoms. The lowest BCUT2D eigenvalue weighted by molar-refractivity contribution is -0.384. The van der Waals surface area contributed by atoms with Gasteiger partial charge in [0.25, 0.3) is 11.6 Å². The molecule has 0 spiro atoms. The summed E-state index contributed by atoms with van der Waals surface area (Å²) in [7, 11) is 0. The molecule has 11 heteroatoms. The number of carbonyl (C=O) groups excluding carboxylic acids is 1. The number of pyridine rings is 1. The average molecular weight is 569 g/mol. The largest absolute Gasteiger partial charge is 0.487 e. The summed E-state index contributed by atoms with van der Waals surface area (Å²) in [4.78, 5) is 26.4. The van der Waals surface area contributed by atoms with Crippen LogP contribution in [0.15, 0.2) is 68.8 Å². The molecule has 0 atom stereocenters. The van der Waals surface area contributed by atoms with Crippen LogP contribution in [-0.2, 0) is 6.61 Å². The molecule has 0 radical (unpaired) electrons. The number of amides is 1. The minimum absolute atomic E-state index is 0.000379. The van der Waals surface area contributed by atoms with Crippen molar-refractivity contribution >= 4 is 61.3 Å². The van der Waals surface area contributed by atoms with Crippen LogP contribution in [0.1, 0.15) is 21.5 Å². The predicted octanol–water partition coefficient (Wildman–Crippen LogP) is 5.51. The summed E-state index contributed by atoms with van der Waals surface area (Å²) in [5.41, 5.74) is 3.95. The number of aromatic nitrogens is 1. The van der Waals surface area contributed by atoms with Gasteiger partial charge in [0.1, 0.15) is 17.5 Å². The number of halogens is 3. The van der Waals surface area contributed by atoms with Crippen molar-refractivity contribution in [2.75, 3.05) is 0 Å². The molecule has 2 aromatic carbocycles. The summed E-state index contributed by atoms with van der Waals surface area (Å²) in [5, 5.41) is 14.9. The van der Waals surface area contributed by atoms with Crippen molar-refractivity contribution in [3.8, 4) is 5.75 Å². The molecule has 1 aromatic heterocycles. The van der Waals surface area contributed by atoms with E-state index < -0.39 is 10.8 Å². The third kappa shape index (κ3) is 6.09. The molecule has 1 heterocycles. The summed E-state index contributed by atoms with van der Waals surface area (Å²) >= 11 is 12.8. The van der Waals surface area contributed by atoms with Gasteiger partial charge < -0.3 is 4.74 Å². The smallest absolute Gasteiger partial charge is 0.274 e. The van der Waals surface area contributed by atoms with E-state index in [-0.39, 0.29) is 23.0 Å². The van der Waals surface area contributed by atoms with Crippen LogP contribution in [0.2, 0.25) is 5.15 Å². The highest BCUT2D eigenvalue weighted by Crippen LogP contribution is 2.35. The number of hydrogen-bond acceptors (Lipinski definition) is 6. The van der Waals surface area contributed by atoms with Gasteiger partial charge in [-0.2, -0.15) is 5.10 Å². The molecule has 1 amide bonds. The average Bonchev–Trinajstić information content (AvgIpc) is 2.73. The van der Waals surface area contributed by atoms with Gasteiger partial charge in [0, 0.05) is 18.3 Å². The maximum absolute atomic E-state index is 12.1. The normalized spacial score (nSPS) is 10.8. The maximum Gasteiger partial charge on any atom is 0.274 e. The zero-order valence-corrected chi connectivity index (χ0v) is 19.5. The number of hydrogen-bond donors (Lipinski definition) is 1. The van der Waals surface area contributed by atoms with Gasteiger partial charge in [-0.05, 0) is 67.3 Å². The first-order valence-electron chi connectivity index (χ1n) is 8.64. The Morgan fingerprint density at radius 3 is 2.65 bits per heavy atom. The zero-order valence-electron chi connectivity index (χ0n) is 15.6. The molecule has 0 saturated heterocycles. The molecular formula is C20H13Br2ClN4O4. The number of ether oxygens (including phenoxy) is 1. The van der Waals surface area contributed by atoms with Crippen LogP contribution in [-0.4, -0.2) is 22.0 Å². The van der Waals surface area contributed by atoms with Crippen molar-refractivity contribution in [1.29, 1.82) is 0 Å². The van der Waals surface area contributed by atoms with Crippen LogP contribution in [0.4, 0.5) is 5.69 Å². The Morgan fingerprint density at radius 2 is 1.97 bits per heavy atom. The van der Waals surface area contributed by atoms with E-state index in [1.54, 1.807) is 36.4 Å². The predicted molar refractivity (Wildman–Crippen MR) is 124 cm³/mol. The van der Waals surface area contributed by atoms with Crippen LogP contribution in [0.25, 0.3) is 0 Å². The molecule has 3 aromatic rings. The quantitative estimate of drug-likeness (QED) is 0.175. The van der Waals surface area contributed by atoms with E-state index in [1.807, 2.05) is 0 Å². The molecule has 0 bridgehead atoms. The summed E-state index contributed by atoms with van der Waals surface area (Å²) in [6, 6.07) is 12.9. The first-order valence-corrected chi connectivity index (χ1v) is 10.6. The van der Waals surface area contributed by atoms with Crippen molar-refractivity contribution in [3.05, 3.63) is 95.6 Å². The third-order valence-corrected chi connectivity index (χ3v) is 5.39. The van der Waals surface area contributed by atoms with Gasteiger partial charge in [0.15, 0.2) is 0 Å². The molecular weight excluding hydrogens is 556 g/mol. The number of rotatable bonds is 7. The summed E-state index contributed by atoms with van der Waals surface area (Å²) < 4.78 is 7.07. The van der Waals surface area contributed by atoms with Gasteiger partial charge >= 0.3 is 0 Å². The standard InChI is InChI=1S/C20H13Br2ClN4O4/c21-16-8-13(10-25-26-20(28)15-5-2-6-24-19(15)23)9-17(22)18(16)31-11-12-3-1-4-14(7-12)27(29)30/h1-10H,11H2,(H,26,28). The van der Waals surface area contributed by atoms with Crippen molar-refractivity contribution in [3.63, 3.8) is 0 Å². The van der Waals surface area contributed by atoms with E-state index in [0.29, 0.717) is 25.8 Å². The summed E-state index contributed by atoms with van der Waals surface area (Å²) in [6.45, 7) is 0.147. The molecule has 0 unspecified atom stereocenters. The van der Waals surface area contributed by atoms with Crippen LogP contribution in [0.5, 0.6) is 5.75 Å². The lowest BCUT2D eigenvalue weighted by atomic mass is 10.2. The fourth-order valence-corrected chi connectivity index (χ4v) is 4.14. The minimum atomic E-state index is -0.482. The molecule has 0 aliphatic heterocycles. The van der Waals surface area contributed by atoms with Crippen molar-refractivity contribution in [2.24, 2.45) is 5.10 Å². The highest BCUT2D eigenvalue weighted by atomic mass is 79.9. The topological polar surface area (TPSA) is 107 Å². The van der Waals surface area contributed by atoms with Crippen molar-refractivity contribution in [2.45, 2.75) is 6.61 Å². The van der Waals surface area contributed by atoms with E-state index >= 15 is 0 Å². The molecule has 0 fully saturated rings. The number of non-ortho nitro benzene ring substituents is 1. The number of nitro groups is 1. The summed E-state index contributed by atoms with van der Waals surface area (Å²) in [6.07, 6.45) is 2.95. The Hall–Kier alpha value is -2.82. The Labute approximate surface area is 198 Å². The molecule has 0 saturated carbocycles. The lowest BCUT2D eigenvalue weighted by Crippen LogP contribution is -2.18. The number of nitro benzene ring substituents is 1. The SMILES string of the molecule is O=C(NN=Cc1cc(Br)c(OCc2cccc([N+](=O)[O-])c2)c(Br)c1)c1cccnc1Cl. The minimum Gasteiger partial charge on any atom is -0.487 e. The van der Waals surface area contributed by atoms with E-state index in [0.717, 1.165) is 0 Å². The molecule has 1 N–H and O–H groups in total. The zero-order chi connectivity index (χ0) is 22.4. The van der Waals surface area contributed by atoms with Gasteiger partial charge in [0.05, 0.1) is 25.6 Å². The number of benzene rings is 2. The first kappa shape index (κ1) is 22.9. The van der Waals surface area contributed by atoms with Gasteiger partial charge in [-0.1, -0.05) is 23.7 Å². The van der Waals surface area contributed by atoms with Crippen LogP contribution >= 0.6 is 43.5 Å². The van der Waals surface area contributed by atoms with Crippen LogP contribution in [0.3, 0.4) is 0 Å². The Morgan fingerprint density at radius 1 is 1.23 bits per heavy atom. The van der Waals surface area contributed by atoms with E-state index in [4.69, 9.17) is 16.3 Å². The highest BCUT2D eigenvalue weighted by Gasteiger charge is 2.12. The van der Waals surface area contributed by atoms with Gasteiger partial charge in [0.2, 0.25) is 0 Å². The van der Waals surface area contributed by atoms with E-state index in [2.05, 4.69) is 47.4 Å². The maximum atomic E-state index is 12.1. The molecule has 0 aliphatic rings. The number of hydrazone groups is 1. The summed E-state index contributed by atoms with van der Waals surface area (Å²) in [5.74, 6) is 0.0409. The fraction of sp³-hybridized carbons (Fsp3) is 0.0500. The Balaban J connectivity index is 1.66. The molecule has 0 aliphatic carbocycles. The van der Waals surface area contributed by atoms with E-state index in [9.17, 15) is 14.9 Å². The number of nitrogens with zero attached hydrogens (tertiary/aromatic N) is 3. The van der Waals surface area contributed by atoms with Crippen LogP contribution in [0, 0.1) is 10.1 Å². The van der Waals surface area contributed by atoms with Gasteiger partial charge in [-0.25, -0.2) is 10.4 Å². The third-order valence-electron chi connectivity index (χ3n) is 3.91. The monoisotopic (exact) mass is 566 g/mol. The van der Waals surface area contributed by atoms with Gasteiger partial charge in [-0.3, -0.25) is 14.9 Å². The highest BCUT2D eigenvalue weighted by molar-refractivity contribution is 9.11. The Kier molecular flexibility index (Phi) is 7.72.